The molecule has 0 saturated carbocycles. The minimum absolute atomic E-state index is 0.564. The Morgan fingerprint density at radius 3 is 1.05 bits per heavy atom. The molecule has 0 N–H and O–H groups in total. The summed E-state index contributed by atoms with van der Waals surface area (Å²) in [6.07, 6.45) is 1.13. The van der Waals surface area contributed by atoms with Gasteiger partial charge in [0.2, 0.25) is 0 Å². The lowest BCUT2D eigenvalue weighted by molar-refractivity contribution is 0.0734. The summed E-state index contributed by atoms with van der Waals surface area (Å²) in [5, 5.41) is 0. The standard InChI is InChI=1S/C10H28N2O5Si2/c1-11(2)9-18(13-5,14-6)17-19(15-7,16-8)10-12(3)4/h9-10H2,1-8H3. The fraction of sp³-hybridized carbons (Fsp3) is 1.00. The zero-order chi connectivity index (χ0) is 15.1. The minimum Gasteiger partial charge on any atom is -0.377 e. The van der Waals surface area contributed by atoms with Crippen LogP contribution in [-0.4, -0.2) is 96.4 Å². The van der Waals surface area contributed by atoms with Crippen molar-refractivity contribution in [2.24, 2.45) is 0 Å². The Morgan fingerprint density at radius 2 is 0.895 bits per heavy atom. The van der Waals surface area contributed by atoms with Gasteiger partial charge in [-0.15, -0.1) is 0 Å². The van der Waals surface area contributed by atoms with Crippen LogP contribution in [0, 0.1) is 0 Å². The summed E-state index contributed by atoms with van der Waals surface area (Å²) in [6, 6.07) is 0. The van der Waals surface area contributed by atoms with Gasteiger partial charge in [-0.2, -0.15) is 0 Å². The summed E-state index contributed by atoms with van der Waals surface area (Å²) in [5.74, 6) is 0. The molecule has 0 aromatic carbocycles. The van der Waals surface area contributed by atoms with E-state index < -0.39 is 17.6 Å². The molecule has 0 atom stereocenters. The fourth-order valence-electron chi connectivity index (χ4n) is 1.67. The highest BCUT2D eigenvalue weighted by atomic mass is 28.5. The first-order valence-corrected chi connectivity index (χ1v) is 9.85. The molecule has 0 heterocycles. The molecular weight excluding hydrogens is 284 g/mol. The zero-order valence-electron chi connectivity index (χ0n) is 13.3. The number of hydrogen-bond donors (Lipinski definition) is 0. The molecule has 0 spiro atoms. The van der Waals surface area contributed by atoms with Gasteiger partial charge in [-0.3, -0.25) is 0 Å². The van der Waals surface area contributed by atoms with E-state index in [1.165, 1.54) is 0 Å². The lowest BCUT2D eigenvalue weighted by Gasteiger charge is -2.37. The Bertz CT molecular complexity index is 224. The van der Waals surface area contributed by atoms with Gasteiger partial charge >= 0.3 is 17.6 Å². The van der Waals surface area contributed by atoms with Crippen LogP contribution < -0.4 is 0 Å². The molecule has 0 unspecified atom stereocenters. The highest BCUT2D eigenvalue weighted by Gasteiger charge is 2.52. The molecule has 0 amide bonds. The molecule has 0 aliphatic carbocycles. The molecule has 0 aliphatic rings. The van der Waals surface area contributed by atoms with Gasteiger partial charge < -0.3 is 31.6 Å². The Morgan fingerprint density at radius 1 is 0.632 bits per heavy atom. The molecule has 0 aromatic heterocycles. The van der Waals surface area contributed by atoms with Crippen LogP contribution in [0.25, 0.3) is 0 Å². The number of nitrogens with zero attached hydrogens (tertiary/aromatic N) is 2. The fourth-order valence-corrected chi connectivity index (χ4v) is 7.81. The van der Waals surface area contributed by atoms with Gasteiger partial charge in [0.15, 0.2) is 0 Å². The van der Waals surface area contributed by atoms with Gasteiger partial charge in [0.05, 0.1) is 12.3 Å². The van der Waals surface area contributed by atoms with Gasteiger partial charge in [-0.05, 0) is 28.2 Å². The quantitative estimate of drug-likeness (QED) is 0.512. The van der Waals surface area contributed by atoms with Crippen molar-refractivity contribution >= 4 is 17.6 Å². The Kier molecular flexibility index (Phi) is 8.51. The molecule has 19 heavy (non-hydrogen) atoms. The highest BCUT2D eigenvalue weighted by Crippen LogP contribution is 2.18. The Labute approximate surface area is 119 Å². The van der Waals surface area contributed by atoms with E-state index >= 15 is 0 Å². The summed E-state index contributed by atoms with van der Waals surface area (Å²) in [5.41, 5.74) is 0. The summed E-state index contributed by atoms with van der Waals surface area (Å²) in [7, 11) is 8.48. The molecule has 0 fully saturated rings. The van der Waals surface area contributed by atoms with Crippen LogP contribution in [0.15, 0.2) is 0 Å². The average molecular weight is 313 g/mol. The molecular formula is C10H28N2O5Si2. The van der Waals surface area contributed by atoms with Crippen molar-refractivity contribution in [3.05, 3.63) is 0 Å². The molecule has 0 aliphatic heterocycles. The first-order chi connectivity index (χ1) is 8.78. The van der Waals surface area contributed by atoms with Crippen molar-refractivity contribution in [3.8, 4) is 0 Å². The van der Waals surface area contributed by atoms with E-state index in [0.717, 1.165) is 0 Å². The average Bonchev–Trinajstić information content (AvgIpc) is 2.35. The van der Waals surface area contributed by atoms with Crippen molar-refractivity contribution in [2.45, 2.75) is 0 Å². The second-order valence-electron chi connectivity index (χ2n) is 4.76. The van der Waals surface area contributed by atoms with Crippen LogP contribution in [0.3, 0.4) is 0 Å². The lowest BCUT2D eigenvalue weighted by Crippen LogP contribution is -2.64. The second-order valence-corrected chi connectivity index (χ2v) is 10.6. The predicted octanol–water partition coefficient (Wildman–Crippen LogP) is -0.332. The maximum atomic E-state index is 6.15. The van der Waals surface area contributed by atoms with Crippen LogP contribution in [-0.2, 0) is 21.8 Å². The van der Waals surface area contributed by atoms with E-state index in [1.54, 1.807) is 28.4 Å². The van der Waals surface area contributed by atoms with Crippen LogP contribution in [0.2, 0.25) is 0 Å². The smallest absolute Gasteiger partial charge is 0.377 e. The van der Waals surface area contributed by atoms with Crippen LogP contribution in [0.5, 0.6) is 0 Å². The zero-order valence-corrected chi connectivity index (χ0v) is 15.3. The molecule has 0 rings (SSSR count). The number of hydrogen-bond acceptors (Lipinski definition) is 7. The predicted molar refractivity (Wildman–Crippen MR) is 77.7 cm³/mol. The molecule has 7 nitrogen and oxygen atoms in total. The highest BCUT2D eigenvalue weighted by molar-refractivity contribution is 6.75. The lowest BCUT2D eigenvalue weighted by atomic mass is 11.0. The van der Waals surface area contributed by atoms with E-state index in [4.69, 9.17) is 21.8 Å². The summed E-state index contributed by atoms with van der Waals surface area (Å²) >= 11 is 0. The van der Waals surface area contributed by atoms with E-state index in [9.17, 15) is 0 Å². The Hall–Kier alpha value is 0.154. The summed E-state index contributed by atoms with van der Waals surface area (Å²) in [4.78, 5) is 3.94. The molecule has 0 bridgehead atoms. The third kappa shape index (κ3) is 5.98. The van der Waals surface area contributed by atoms with Gasteiger partial charge in [-0.1, -0.05) is 0 Å². The maximum Gasteiger partial charge on any atom is 0.507 e. The van der Waals surface area contributed by atoms with Gasteiger partial charge in [0.25, 0.3) is 0 Å². The van der Waals surface area contributed by atoms with E-state index in [-0.39, 0.29) is 0 Å². The van der Waals surface area contributed by atoms with E-state index in [2.05, 4.69) is 0 Å². The normalized spacial score (nSPS) is 13.6. The molecule has 0 aromatic rings. The topological polar surface area (TPSA) is 52.6 Å². The van der Waals surface area contributed by atoms with Gasteiger partial charge in [-0.25, -0.2) is 0 Å². The second kappa shape index (κ2) is 8.44. The third-order valence-electron chi connectivity index (χ3n) is 2.57. The molecule has 0 radical (unpaired) electrons. The largest absolute Gasteiger partial charge is 0.507 e. The van der Waals surface area contributed by atoms with Gasteiger partial charge in [0.1, 0.15) is 0 Å². The maximum absolute atomic E-state index is 6.15. The molecule has 0 saturated heterocycles. The monoisotopic (exact) mass is 312 g/mol. The SMILES string of the molecule is CO[Si](CN(C)C)(OC)O[Si](CN(C)C)(OC)OC. The summed E-state index contributed by atoms with van der Waals surface area (Å²) in [6.45, 7) is 0. The number of rotatable bonds is 10. The van der Waals surface area contributed by atoms with Crippen LogP contribution >= 0.6 is 0 Å². The Balaban J connectivity index is 5.12. The van der Waals surface area contributed by atoms with Crippen molar-refractivity contribution < 1.29 is 21.8 Å². The van der Waals surface area contributed by atoms with Crippen LogP contribution in [0.1, 0.15) is 0 Å². The third-order valence-corrected chi connectivity index (χ3v) is 9.59. The van der Waals surface area contributed by atoms with E-state index in [1.807, 2.05) is 38.0 Å². The van der Waals surface area contributed by atoms with Crippen molar-refractivity contribution in [2.75, 3.05) is 69.0 Å². The summed E-state index contributed by atoms with van der Waals surface area (Å²) < 4.78 is 28.3. The molecule has 116 valence electrons. The minimum atomic E-state index is -2.84. The first kappa shape index (κ1) is 19.2. The van der Waals surface area contributed by atoms with Crippen molar-refractivity contribution in [1.29, 1.82) is 0 Å². The van der Waals surface area contributed by atoms with Gasteiger partial charge in [0, 0.05) is 28.4 Å². The van der Waals surface area contributed by atoms with Crippen molar-refractivity contribution in [3.63, 3.8) is 0 Å². The first-order valence-electron chi connectivity index (χ1n) is 5.99. The molecule has 9 heteroatoms. The van der Waals surface area contributed by atoms with E-state index in [0.29, 0.717) is 12.3 Å². The van der Waals surface area contributed by atoms with Crippen molar-refractivity contribution in [1.82, 2.24) is 9.80 Å². The van der Waals surface area contributed by atoms with Crippen LogP contribution in [0.4, 0.5) is 0 Å².